The molecule has 110 valence electrons. The van der Waals surface area contributed by atoms with E-state index in [1.807, 2.05) is 19.1 Å². The van der Waals surface area contributed by atoms with Crippen molar-refractivity contribution in [3.05, 3.63) is 30.0 Å². The average Bonchev–Trinajstić information content (AvgIpc) is 2.39. The van der Waals surface area contributed by atoms with Crippen molar-refractivity contribution in [3.63, 3.8) is 0 Å². The van der Waals surface area contributed by atoms with Crippen LogP contribution in [0.4, 0.5) is 5.69 Å². The van der Waals surface area contributed by atoms with Crippen LogP contribution < -0.4 is 5.32 Å². The second-order valence-corrected chi connectivity index (χ2v) is 5.00. The molecule has 0 aliphatic heterocycles. The first kappa shape index (κ1) is 16.6. The highest BCUT2D eigenvalue weighted by Gasteiger charge is 2.04. The van der Waals surface area contributed by atoms with E-state index < -0.39 is 0 Å². The lowest BCUT2D eigenvalue weighted by Gasteiger charge is -2.11. The molecule has 0 spiro atoms. The lowest BCUT2D eigenvalue weighted by Crippen LogP contribution is -2.03. The number of hydrogen-bond donors (Lipinski definition) is 2. The minimum atomic E-state index is 0. The van der Waals surface area contributed by atoms with Crippen molar-refractivity contribution in [2.24, 2.45) is 0 Å². The number of rotatable bonds is 6. The second-order valence-electron chi connectivity index (χ2n) is 5.00. The Morgan fingerprint density at radius 2 is 1.95 bits per heavy atom. The van der Waals surface area contributed by atoms with Crippen LogP contribution >= 0.6 is 12.4 Å². The number of aromatic hydroxyl groups is 1. The zero-order valence-corrected chi connectivity index (χ0v) is 13.0. The van der Waals surface area contributed by atoms with Crippen molar-refractivity contribution < 1.29 is 5.11 Å². The van der Waals surface area contributed by atoms with Crippen molar-refractivity contribution in [2.75, 3.05) is 11.9 Å². The predicted octanol–water partition coefficient (Wildman–Crippen LogP) is 4.66. The van der Waals surface area contributed by atoms with E-state index in [-0.39, 0.29) is 18.2 Å². The molecule has 0 radical (unpaired) electrons. The van der Waals surface area contributed by atoms with Gasteiger partial charge in [0.1, 0.15) is 5.75 Å². The SMILES string of the molecule is CCCCCCNc1cc(C)nc2ccc(O)cc12.Cl. The van der Waals surface area contributed by atoms with Gasteiger partial charge in [0, 0.05) is 23.3 Å². The molecule has 2 rings (SSSR count). The zero-order chi connectivity index (χ0) is 13.7. The number of unbranched alkanes of at least 4 members (excludes halogenated alkanes) is 3. The maximum Gasteiger partial charge on any atom is 0.116 e. The number of phenols is 1. The summed E-state index contributed by atoms with van der Waals surface area (Å²) < 4.78 is 0. The minimum Gasteiger partial charge on any atom is -0.508 e. The molecule has 0 saturated heterocycles. The van der Waals surface area contributed by atoms with Gasteiger partial charge in [-0.3, -0.25) is 4.98 Å². The van der Waals surface area contributed by atoms with Gasteiger partial charge in [-0.1, -0.05) is 26.2 Å². The number of aryl methyl sites for hydroxylation is 1. The van der Waals surface area contributed by atoms with E-state index in [4.69, 9.17) is 0 Å². The summed E-state index contributed by atoms with van der Waals surface area (Å²) in [5, 5.41) is 14.1. The lowest BCUT2D eigenvalue weighted by atomic mass is 10.1. The van der Waals surface area contributed by atoms with Crippen LogP contribution in [0.15, 0.2) is 24.3 Å². The quantitative estimate of drug-likeness (QED) is 0.761. The molecule has 3 nitrogen and oxygen atoms in total. The Balaban J connectivity index is 0.00000200. The van der Waals surface area contributed by atoms with E-state index in [0.29, 0.717) is 0 Å². The Labute approximate surface area is 126 Å². The van der Waals surface area contributed by atoms with Crippen molar-refractivity contribution in [3.8, 4) is 5.75 Å². The maximum atomic E-state index is 9.61. The number of anilines is 1. The Kier molecular flexibility index (Phi) is 6.59. The minimum absolute atomic E-state index is 0. The van der Waals surface area contributed by atoms with Crippen LogP contribution in [0.3, 0.4) is 0 Å². The van der Waals surface area contributed by atoms with Crippen molar-refractivity contribution in [1.82, 2.24) is 4.98 Å². The summed E-state index contributed by atoms with van der Waals surface area (Å²) in [7, 11) is 0. The molecule has 2 N–H and O–H groups in total. The lowest BCUT2D eigenvalue weighted by molar-refractivity contribution is 0.476. The molecule has 0 amide bonds. The molecule has 0 fully saturated rings. The van der Waals surface area contributed by atoms with Crippen LogP contribution in [-0.4, -0.2) is 16.6 Å². The molecule has 0 bridgehead atoms. The van der Waals surface area contributed by atoms with Crippen LogP contribution in [-0.2, 0) is 0 Å². The predicted molar refractivity (Wildman–Crippen MR) is 88.0 cm³/mol. The highest BCUT2D eigenvalue weighted by Crippen LogP contribution is 2.26. The van der Waals surface area contributed by atoms with Gasteiger partial charge >= 0.3 is 0 Å². The number of hydrogen-bond acceptors (Lipinski definition) is 3. The van der Waals surface area contributed by atoms with Crippen LogP contribution in [0.1, 0.15) is 38.3 Å². The van der Waals surface area contributed by atoms with Gasteiger partial charge in [-0.2, -0.15) is 0 Å². The number of phenolic OH excluding ortho intramolecular Hbond substituents is 1. The molecule has 1 aromatic carbocycles. The molecule has 0 unspecified atom stereocenters. The van der Waals surface area contributed by atoms with Crippen molar-refractivity contribution in [2.45, 2.75) is 39.5 Å². The third kappa shape index (κ3) is 4.27. The Morgan fingerprint density at radius 1 is 1.15 bits per heavy atom. The number of nitrogens with one attached hydrogen (secondary N) is 1. The molecular formula is C16H23ClN2O. The first-order valence-electron chi connectivity index (χ1n) is 7.05. The molecule has 1 heterocycles. The Morgan fingerprint density at radius 3 is 2.70 bits per heavy atom. The molecule has 0 aliphatic carbocycles. The van der Waals surface area contributed by atoms with E-state index in [1.165, 1.54) is 25.7 Å². The smallest absolute Gasteiger partial charge is 0.116 e. The van der Waals surface area contributed by atoms with Gasteiger partial charge in [0.2, 0.25) is 0 Å². The van der Waals surface area contributed by atoms with Crippen molar-refractivity contribution >= 4 is 29.0 Å². The molecule has 4 heteroatoms. The summed E-state index contributed by atoms with van der Waals surface area (Å²) in [6, 6.07) is 7.36. The summed E-state index contributed by atoms with van der Waals surface area (Å²) in [4.78, 5) is 4.48. The van der Waals surface area contributed by atoms with Crippen LogP contribution in [0.25, 0.3) is 10.9 Å². The fraction of sp³-hybridized carbons (Fsp3) is 0.438. The van der Waals surface area contributed by atoms with Crippen LogP contribution in [0.5, 0.6) is 5.75 Å². The molecule has 0 aliphatic rings. The number of fused-ring (bicyclic) bond motifs is 1. The van der Waals surface area contributed by atoms with Gasteiger partial charge in [-0.05, 0) is 37.6 Å². The second kappa shape index (κ2) is 7.95. The third-order valence-corrected chi connectivity index (χ3v) is 3.27. The van der Waals surface area contributed by atoms with Gasteiger partial charge in [-0.25, -0.2) is 0 Å². The Hall–Kier alpha value is -1.48. The molecule has 20 heavy (non-hydrogen) atoms. The fourth-order valence-electron chi connectivity index (χ4n) is 2.27. The number of benzene rings is 1. The molecule has 0 saturated carbocycles. The van der Waals surface area contributed by atoms with Gasteiger partial charge < -0.3 is 10.4 Å². The molecule has 0 atom stereocenters. The first-order valence-corrected chi connectivity index (χ1v) is 7.05. The van der Waals surface area contributed by atoms with Gasteiger partial charge in [-0.15, -0.1) is 12.4 Å². The van der Waals surface area contributed by atoms with Crippen LogP contribution in [0, 0.1) is 6.92 Å². The molecular weight excluding hydrogens is 272 g/mol. The summed E-state index contributed by atoms with van der Waals surface area (Å²) in [6.45, 7) is 5.18. The van der Waals surface area contributed by atoms with Crippen LogP contribution in [0.2, 0.25) is 0 Å². The van der Waals surface area contributed by atoms with Gasteiger partial charge in [0.25, 0.3) is 0 Å². The van der Waals surface area contributed by atoms with E-state index in [1.54, 1.807) is 12.1 Å². The zero-order valence-electron chi connectivity index (χ0n) is 12.1. The van der Waals surface area contributed by atoms with E-state index >= 15 is 0 Å². The summed E-state index contributed by atoms with van der Waals surface area (Å²) in [5.41, 5.74) is 2.98. The number of nitrogens with zero attached hydrogens (tertiary/aromatic N) is 1. The topological polar surface area (TPSA) is 45.2 Å². The summed E-state index contributed by atoms with van der Waals surface area (Å²) in [6.07, 6.45) is 4.98. The number of aromatic nitrogens is 1. The largest absolute Gasteiger partial charge is 0.508 e. The summed E-state index contributed by atoms with van der Waals surface area (Å²) >= 11 is 0. The van der Waals surface area contributed by atoms with Crippen molar-refractivity contribution in [1.29, 1.82) is 0 Å². The first-order chi connectivity index (χ1) is 9.20. The normalized spacial score (nSPS) is 10.3. The van der Waals surface area contributed by atoms with Gasteiger partial charge in [0.05, 0.1) is 5.52 Å². The monoisotopic (exact) mass is 294 g/mol. The Bertz CT molecular complexity index is 557. The molecule has 1 aromatic heterocycles. The maximum absolute atomic E-state index is 9.61. The summed E-state index contributed by atoms with van der Waals surface area (Å²) in [5.74, 6) is 0.284. The average molecular weight is 295 g/mol. The molecule has 2 aromatic rings. The van der Waals surface area contributed by atoms with E-state index in [2.05, 4.69) is 17.2 Å². The van der Waals surface area contributed by atoms with Gasteiger partial charge in [0.15, 0.2) is 0 Å². The number of halogens is 1. The van der Waals surface area contributed by atoms with E-state index in [0.717, 1.165) is 28.8 Å². The highest BCUT2D eigenvalue weighted by atomic mass is 35.5. The third-order valence-electron chi connectivity index (χ3n) is 3.27. The van der Waals surface area contributed by atoms with E-state index in [9.17, 15) is 5.11 Å². The standard InChI is InChI=1S/C16H22N2O.ClH/c1-3-4-5-6-9-17-16-10-12(2)18-15-8-7-13(19)11-14(15)16;/h7-8,10-11,19H,3-6,9H2,1-2H3,(H,17,18);1H. The highest BCUT2D eigenvalue weighted by molar-refractivity contribution is 5.92. The number of pyridine rings is 1. The fourth-order valence-corrected chi connectivity index (χ4v) is 2.27.